The van der Waals surface area contributed by atoms with Crippen LogP contribution in [0.2, 0.25) is 10.0 Å². The maximum atomic E-state index is 11.3. The molecule has 0 heterocycles. The summed E-state index contributed by atoms with van der Waals surface area (Å²) in [7, 11) is 0. The van der Waals surface area contributed by atoms with Crippen LogP contribution in [-0.2, 0) is 0 Å². The van der Waals surface area contributed by atoms with Crippen molar-refractivity contribution >= 4 is 60.8 Å². The second kappa shape index (κ2) is 6.48. The van der Waals surface area contributed by atoms with E-state index in [-0.39, 0.29) is 5.78 Å². The second-order valence-electron chi connectivity index (χ2n) is 4.00. The van der Waals surface area contributed by atoms with Crippen LogP contribution in [0.1, 0.15) is 17.3 Å². The molecule has 2 aromatic carbocycles. The van der Waals surface area contributed by atoms with Crippen LogP contribution in [-0.4, -0.2) is 5.78 Å². The lowest BCUT2D eigenvalue weighted by Gasteiger charge is -2.11. The lowest BCUT2D eigenvalue weighted by molar-refractivity contribution is 0.101. The third-order valence-corrected chi connectivity index (χ3v) is 4.65. The van der Waals surface area contributed by atoms with Crippen molar-refractivity contribution < 1.29 is 9.53 Å². The van der Waals surface area contributed by atoms with Crippen molar-refractivity contribution in [1.29, 1.82) is 0 Å². The highest BCUT2D eigenvalue weighted by Gasteiger charge is 2.11. The molecule has 6 heteroatoms. The Bertz CT molecular complexity index is 687. The van der Waals surface area contributed by atoms with Gasteiger partial charge >= 0.3 is 0 Å². The first-order valence-corrected chi connectivity index (χ1v) is 7.85. The normalized spacial score (nSPS) is 10.4. The maximum absolute atomic E-state index is 11.3. The number of halogens is 4. The molecule has 2 rings (SSSR count). The van der Waals surface area contributed by atoms with Gasteiger partial charge in [0.25, 0.3) is 0 Å². The van der Waals surface area contributed by atoms with E-state index in [1.165, 1.54) is 6.92 Å². The quantitative estimate of drug-likeness (QED) is 0.403. The van der Waals surface area contributed by atoms with Crippen LogP contribution >= 0.6 is 55.1 Å². The molecule has 0 spiro atoms. The molecule has 0 bridgehead atoms. The summed E-state index contributed by atoms with van der Waals surface area (Å²) in [4.78, 5) is 11.3. The monoisotopic (exact) mass is 436 g/mol. The minimum Gasteiger partial charge on any atom is -0.455 e. The molecule has 0 aliphatic carbocycles. The molecule has 0 aromatic heterocycles. The fraction of sp³-hybridized carbons (Fsp3) is 0.0714. The van der Waals surface area contributed by atoms with Gasteiger partial charge in [0.05, 0.1) is 14.5 Å². The number of carbonyl (C=O) groups is 1. The van der Waals surface area contributed by atoms with Crippen LogP contribution in [0.4, 0.5) is 0 Å². The van der Waals surface area contributed by atoms with Gasteiger partial charge in [-0.15, -0.1) is 0 Å². The van der Waals surface area contributed by atoms with E-state index in [0.29, 0.717) is 36.1 Å². The SMILES string of the molecule is CC(=O)c1ccc(Oc2cc(Cl)c(Br)cc2Cl)c(Br)c1. The zero-order valence-corrected chi connectivity index (χ0v) is 14.9. The number of ketones is 1. The molecule has 0 radical (unpaired) electrons. The van der Waals surface area contributed by atoms with Crippen molar-refractivity contribution in [3.8, 4) is 11.5 Å². The van der Waals surface area contributed by atoms with E-state index in [0.717, 1.165) is 0 Å². The largest absolute Gasteiger partial charge is 0.455 e. The van der Waals surface area contributed by atoms with Crippen LogP contribution in [0.5, 0.6) is 11.5 Å². The molecule has 0 atom stereocenters. The zero-order chi connectivity index (χ0) is 14.9. The molecular formula is C14H8Br2Cl2O2. The summed E-state index contributed by atoms with van der Waals surface area (Å²) < 4.78 is 7.08. The van der Waals surface area contributed by atoms with Crippen molar-refractivity contribution in [2.75, 3.05) is 0 Å². The third-order valence-electron chi connectivity index (χ3n) is 2.53. The molecule has 0 saturated carbocycles. The van der Waals surface area contributed by atoms with Gasteiger partial charge < -0.3 is 4.74 Å². The third kappa shape index (κ3) is 3.55. The Labute approximate surface area is 143 Å². The van der Waals surface area contributed by atoms with Gasteiger partial charge in [-0.25, -0.2) is 0 Å². The highest BCUT2D eigenvalue weighted by molar-refractivity contribution is 9.10. The second-order valence-corrected chi connectivity index (χ2v) is 6.52. The Morgan fingerprint density at radius 2 is 1.70 bits per heavy atom. The first kappa shape index (κ1) is 15.8. The molecule has 0 N–H and O–H groups in total. The van der Waals surface area contributed by atoms with E-state index in [1.54, 1.807) is 30.3 Å². The fourth-order valence-corrected chi connectivity index (χ4v) is 2.79. The van der Waals surface area contributed by atoms with Crippen LogP contribution < -0.4 is 4.74 Å². The number of rotatable bonds is 3. The van der Waals surface area contributed by atoms with Crippen LogP contribution in [0.15, 0.2) is 39.3 Å². The number of Topliss-reactive ketones (excluding diaryl/α,β-unsaturated/α-hetero) is 1. The zero-order valence-electron chi connectivity index (χ0n) is 10.2. The van der Waals surface area contributed by atoms with Crippen molar-refractivity contribution in [1.82, 2.24) is 0 Å². The summed E-state index contributed by atoms with van der Waals surface area (Å²) in [6, 6.07) is 8.38. The Morgan fingerprint density at radius 1 is 1.00 bits per heavy atom. The van der Waals surface area contributed by atoms with E-state index in [2.05, 4.69) is 31.9 Å². The summed E-state index contributed by atoms with van der Waals surface area (Å²) in [5.74, 6) is 0.980. The molecule has 104 valence electrons. The van der Waals surface area contributed by atoms with E-state index < -0.39 is 0 Å². The predicted molar refractivity (Wildman–Crippen MR) is 88.4 cm³/mol. The Morgan fingerprint density at radius 3 is 2.30 bits per heavy atom. The van der Waals surface area contributed by atoms with Gasteiger partial charge in [0.15, 0.2) is 5.78 Å². The smallest absolute Gasteiger partial charge is 0.159 e. The Balaban J connectivity index is 2.35. The summed E-state index contributed by atoms with van der Waals surface area (Å²) in [5.41, 5.74) is 0.601. The summed E-state index contributed by atoms with van der Waals surface area (Å²) in [6.07, 6.45) is 0. The summed E-state index contributed by atoms with van der Waals surface area (Å²) in [5, 5.41) is 0.935. The predicted octanol–water partition coefficient (Wildman–Crippen LogP) is 6.51. The van der Waals surface area contributed by atoms with Gasteiger partial charge in [0.1, 0.15) is 11.5 Å². The first-order chi connectivity index (χ1) is 9.38. The topological polar surface area (TPSA) is 26.3 Å². The molecule has 0 aliphatic rings. The number of benzene rings is 2. The molecule has 0 amide bonds. The van der Waals surface area contributed by atoms with E-state index >= 15 is 0 Å². The Hall–Kier alpha value is -0.550. The molecule has 0 unspecified atom stereocenters. The molecular weight excluding hydrogens is 431 g/mol. The number of carbonyl (C=O) groups excluding carboxylic acids is 1. The van der Waals surface area contributed by atoms with E-state index in [9.17, 15) is 4.79 Å². The van der Waals surface area contributed by atoms with Crippen molar-refractivity contribution in [3.05, 3.63) is 54.9 Å². The molecule has 0 aliphatic heterocycles. The minimum absolute atomic E-state index is 0.0121. The molecule has 2 aromatic rings. The average Bonchev–Trinajstić information content (AvgIpc) is 2.37. The number of hydrogen-bond donors (Lipinski definition) is 0. The lowest BCUT2D eigenvalue weighted by atomic mass is 10.1. The standard InChI is InChI=1S/C14H8Br2Cl2O2/c1-7(19)8-2-3-13(10(16)4-8)20-14-6-11(17)9(15)5-12(14)18/h2-6H,1H3. The molecule has 2 nitrogen and oxygen atoms in total. The summed E-state index contributed by atoms with van der Waals surface area (Å²) >= 11 is 18.8. The highest BCUT2D eigenvalue weighted by atomic mass is 79.9. The molecule has 0 fully saturated rings. The number of ether oxygens (including phenoxy) is 1. The van der Waals surface area contributed by atoms with Crippen molar-refractivity contribution in [2.45, 2.75) is 6.92 Å². The van der Waals surface area contributed by atoms with Gasteiger partial charge in [-0.1, -0.05) is 23.2 Å². The van der Waals surface area contributed by atoms with Gasteiger partial charge in [0, 0.05) is 16.1 Å². The first-order valence-electron chi connectivity index (χ1n) is 5.51. The van der Waals surface area contributed by atoms with Gasteiger partial charge in [-0.05, 0) is 63.0 Å². The fourth-order valence-electron chi connectivity index (χ4n) is 1.50. The Kier molecular flexibility index (Phi) is 5.13. The van der Waals surface area contributed by atoms with E-state index in [4.69, 9.17) is 27.9 Å². The van der Waals surface area contributed by atoms with Crippen molar-refractivity contribution in [2.24, 2.45) is 0 Å². The average molecular weight is 439 g/mol. The van der Waals surface area contributed by atoms with E-state index in [1.807, 2.05) is 0 Å². The molecule has 0 saturated heterocycles. The minimum atomic E-state index is -0.0121. The molecule has 20 heavy (non-hydrogen) atoms. The van der Waals surface area contributed by atoms with Crippen LogP contribution in [0.25, 0.3) is 0 Å². The van der Waals surface area contributed by atoms with Crippen molar-refractivity contribution in [3.63, 3.8) is 0 Å². The van der Waals surface area contributed by atoms with Crippen LogP contribution in [0, 0.1) is 0 Å². The van der Waals surface area contributed by atoms with Gasteiger partial charge in [-0.2, -0.15) is 0 Å². The lowest BCUT2D eigenvalue weighted by Crippen LogP contribution is -1.93. The summed E-state index contributed by atoms with van der Waals surface area (Å²) in [6.45, 7) is 1.51. The number of hydrogen-bond acceptors (Lipinski definition) is 2. The highest BCUT2D eigenvalue weighted by Crippen LogP contribution is 2.38. The maximum Gasteiger partial charge on any atom is 0.159 e. The van der Waals surface area contributed by atoms with Crippen LogP contribution in [0.3, 0.4) is 0 Å². The van der Waals surface area contributed by atoms with Gasteiger partial charge in [0.2, 0.25) is 0 Å². The van der Waals surface area contributed by atoms with Gasteiger partial charge in [-0.3, -0.25) is 4.79 Å².